The van der Waals surface area contributed by atoms with Gasteiger partial charge in [-0.3, -0.25) is 9.10 Å². The van der Waals surface area contributed by atoms with Crippen molar-refractivity contribution in [3.63, 3.8) is 0 Å². The molecule has 1 N–H and O–H groups in total. The molecule has 0 unspecified atom stereocenters. The van der Waals surface area contributed by atoms with Gasteiger partial charge in [-0.1, -0.05) is 41.4 Å². The molecule has 0 spiro atoms. The van der Waals surface area contributed by atoms with Gasteiger partial charge in [-0.15, -0.1) is 0 Å². The molecule has 3 aromatic rings. The summed E-state index contributed by atoms with van der Waals surface area (Å²) in [5.41, 5.74) is 0.350. The quantitative estimate of drug-likeness (QED) is 0.492. The van der Waals surface area contributed by atoms with E-state index in [1.807, 2.05) is 0 Å². The summed E-state index contributed by atoms with van der Waals surface area (Å²) in [4.78, 5) is 12.5. The van der Waals surface area contributed by atoms with Crippen molar-refractivity contribution in [1.29, 1.82) is 0 Å². The number of carbonyl (C=O) groups excluding carboxylic acids is 1. The van der Waals surface area contributed by atoms with E-state index in [2.05, 4.69) is 5.32 Å². The van der Waals surface area contributed by atoms with Gasteiger partial charge in [0, 0.05) is 16.6 Å². The summed E-state index contributed by atoms with van der Waals surface area (Å²) in [6.07, 6.45) is 0. The van der Waals surface area contributed by atoms with Crippen LogP contribution in [0.15, 0.2) is 71.6 Å². The number of halogens is 3. The molecule has 0 aliphatic heterocycles. The highest BCUT2D eigenvalue weighted by molar-refractivity contribution is 7.92. The maximum atomic E-state index is 14.5. The van der Waals surface area contributed by atoms with Crippen molar-refractivity contribution in [2.75, 3.05) is 18.0 Å². The molecular formula is C22H19Cl2FN2O4S. The predicted molar refractivity (Wildman–Crippen MR) is 122 cm³/mol. The van der Waals surface area contributed by atoms with Gasteiger partial charge in [0.05, 0.1) is 17.7 Å². The summed E-state index contributed by atoms with van der Waals surface area (Å²) < 4.78 is 46.9. The Kier molecular flexibility index (Phi) is 7.60. The van der Waals surface area contributed by atoms with Crippen molar-refractivity contribution in [3.05, 3.63) is 88.2 Å². The SMILES string of the molecule is COc1ccc(S(=O)(=O)N(CC(=O)NCc2ccc(Cl)cc2Cl)c2ccccc2F)cc1. The van der Waals surface area contributed by atoms with Gasteiger partial charge in [-0.25, -0.2) is 12.8 Å². The second kappa shape index (κ2) is 10.2. The monoisotopic (exact) mass is 496 g/mol. The zero-order valence-corrected chi connectivity index (χ0v) is 19.2. The fourth-order valence-electron chi connectivity index (χ4n) is 2.87. The highest BCUT2D eigenvalue weighted by Crippen LogP contribution is 2.27. The van der Waals surface area contributed by atoms with E-state index in [4.69, 9.17) is 27.9 Å². The maximum absolute atomic E-state index is 14.5. The molecule has 1 amide bonds. The van der Waals surface area contributed by atoms with Gasteiger partial charge < -0.3 is 10.1 Å². The number of nitrogens with one attached hydrogen (secondary N) is 1. The van der Waals surface area contributed by atoms with Gasteiger partial charge in [0.2, 0.25) is 5.91 Å². The van der Waals surface area contributed by atoms with Crippen LogP contribution in [0.3, 0.4) is 0 Å². The minimum Gasteiger partial charge on any atom is -0.497 e. The molecule has 0 heterocycles. The van der Waals surface area contributed by atoms with Crippen LogP contribution in [-0.4, -0.2) is 28.0 Å². The summed E-state index contributed by atoms with van der Waals surface area (Å²) in [6, 6.07) is 15.7. The van der Waals surface area contributed by atoms with Gasteiger partial charge in [-0.05, 0) is 54.1 Å². The standard InChI is InChI=1S/C22H19Cl2FN2O4S/c1-31-17-8-10-18(11-9-17)32(29,30)27(21-5-3-2-4-20(21)25)14-22(28)26-13-15-6-7-16(23)12-19(15)24/h2-12H,13-14H2,1H3,(H,26,28). The van der Waals surface area contributed by atoms with Crippen molar-refractivity contribution in [3.8, 4) is 5.75 Å². The second-order valence-corrected chi connectivity index (χ2v) is 9.36. The molecule has 6 nitrogen and oxygen atoms in total. The van der Waals surface area contributed by atoms with Crippen molar-refractivity contribution in [2.24, 2.45) is 0 Å². The van der Waals surface area contributed by atoms with Gasteiger partial charge in [0.25, 0.3) is 10.0 Å². The minimum absolute atomic E-state index is 0.0442. The molecular weight excluding hydrogens is 478 g/mol. The van der Waals surface area contributed by atoms with E-state index in [9.17, 15) is 17.6 Å². The largest absolute Gasteiger partial charge is 0.497 e. The number of methoxy groups -OCH3 is 1. The number of ether oxygens (including phenoxy) is 1. The number of amides is 1. The number of carbonyl (C=O) groups is 1. The Bertz CT molecular complexity index is 1220. The van der Waals surface area contributed by atoms with Crippen LogP contribution >= 0.6 is 23.2 Å². The fourth-order valence-corrected chi connectivity index (χ4v) is 4.78. The maximum Gasteiger partial charge on any atom is 0.264 e. The van der Waals surface area contributed by atoms with Gasteiger partial charge >= 0.3 is 0 Å². The van der Waals surface area contributed by atoms with Crippen LogP contribution < -0.4 is 14.4 Å². The number of para-hydroxylation sites is 1. The first kappa shape index (κ1) is 23.8. The van der Waals surface area contributed by atoms with Crippen LogP contribution in [0, 0.1) is 5.82 Å². The number of anilines is 1. The number of benzene rings is 3. The first-order valence-corrected chi connectivity index (χ1v) is 11.5. The van der Waals surface area contributed by atoms with E-state index in [1.165, 1.54) is 55.6 Å². The van der Waals surface area contributed by atoms with Crippen LogP contribution in [0.25, 0.3) is 0 Å². The first-order chi connectivity index (χ1) is 15.2. The summed E-state index contributed by atoms with van der Waals surface area (Å²) in [6.45, 7) is -0.594. The van der Waals surface area contributed by atoms with E-state index in [0.29, 0.717) is 21.4 Å². The molecule has 3 rings (SSSR count). The average Bonchev–Trinajstić information content (AvgIpc) is 2.77. The number of hydrogen-bond donors (Lipinski definition) is 1. The highest BCUT2D eigenvalue weighted by Gasteiger charge is 2.29. The summed E-state index contributed by atoms with van der Waals surface area (Å²) in [5.74, 6) is -0.964. The lowest BCUT2D eigenvalue weighted by Gasteiger charge is -2.24. The van der Waals surface area contributed by atoms with Gasteiger partial charge in [-0.2, -0.15) is 0 Å². The molecule has 0 bridgehead atoms. The van der Waals surface area contributed by atoms with Crippen LogP contribution in [0.1, 0.15) is 5.56 Å². The molecule has 10 heteroatoms. The molecule has 0 aliphatic carbocycles. The van der Waals surface area contributed by atoms with Gasteiger partial charge in [0.15, 0.2) is 0 Å². The lowest BCUT2D eigenvalue weighted by Crippen LogP contribution is -2.41. The van der Waals surface area contributed by atoms with Crippen molar-refractivity contribution < 1.29 is 22.3 Å². The molecule has 3 aromatic carbocycles. The van der Waals surface area contributed by atoms with Crippen LogP contribution in [0.2, 0.25) is 10.0 Å². The zero-order chi connectivity index (χ0) is 23.3. The molecule has 0 radical (unpaired) electrons. The van der Waals surface area contributed by atoms with E-state index in [-0.39, 0.29) is 17.1 Å². The van der Waals surface area contributed by atoms with E-state index in [1.54, 1.807) is 12.1 Å². The summed E-state index contributed by atoms with van der Waals surface area (Å²) >= 11 is 12.0. The molecule has 0 atom stereocenters. The average molecular weight is 497 g/mol. The molecule has 0 aliphatic rings. The molecule has 0 saturated heterocycles. The Morgan fingerprint density at radius 1 is 1.06 bits per heavy atom. The smallest absolute Gasteiger partial charge is 0.264 e. The zero-order valence-electron chi connectivity index (χ0n) is 16.9. The molecule has 0 saturated carbocycles. The Morgan fingerprint density at radius 3 is 2.38 bits per heavy atom. The van der Waals surface area contributed by atoms with Crippen LogP contribution in [-0.2, 0) is 21.4 Å². The summed E-state index contributed by atoms with van der Waals surface area (Å²) in [7, 11) is -2.81. The van der Waals surface area contributed by atoms with E-state index in [0.717, 1.165) is 10.4 Å². The third-order valence-electron chi connectivity index (χ3n) is 4.55. The number of nitrogens with zero attached hydrogens (tertiary/aromatic N) is 1. The third-order valence-corrected chi connectivity index (χ3v) is 6.91. The minimum atomic E-state index is -4.26. The Hall–Kier alpha value is -2.81. The van der Waals surface area contributed by atoms with E-state index < -0.39 is 28.3 Å². The number of rotatable bonds is 8. The number of sulfonamides is 1. The van der Waals surface area contributed by atoms with Gasteiger partial charge in [0.1, 0.15) is 18.1 Å². The Balaban J connectivity index is 1.87. The molecule has 32 heavy (non-hydrogen) atoms. The van der Waals surface area contributed by atoms with Crippen LogP contribution in [0.4, 0.5) is 10.1 Å². The topological polar surface area (TPSA) is 75.7 Å². The molecule has 0 fully saturated rings. The predicted octanol–water partition coefficient (Wildman–Crippen LogP) is 4.65. The van der Waals surface area contributed by atoms with Crippen molar-refractivity contribution in [2.45, 2.75) is 11.4 Å². The van der Waals surface area contributed by atoms with Crippen molar-refractivity contribution in [1.82, 2.24) is 5.32 Å². The number of hydrogen-bond acceptors (Lipinski definition) is 4. The Morgan fingerprint density at radius 2 is 1.75 bits per heavy atom. The highest BCUT2D eigenvalue weighted by atomic mass is 35.5. The normalized spacial score (nSPS) is 11.1. The fraction of sp³-hybridized carbons (Fsp3) is 0.136. The van der Waals surface area contributed by atoms with E-state index >= 15 is 0 Å². The lowest BCUT2D eigenvalue weighted by atomic mass is 10.2. The Labute approximate surface area is 195 Å². The third kappa shape index (κ3) is 5.51. The van der Waals surface area contributed by atoms with Crippen LogP contribution in [0.5, 0.6) is 5.75 Å². The molecule has 168 valence electrons. The molecule has 0 aromatic heterocycles. The second-order valence-electron chi connectivity index (χ2n) is 6.65. The lowest BCUT2D eigenvalue weighted by molar-refractivity contribution is -0.119. The summed E-state index contributed by atoms with van der Waals surface area (Å²) in [5, 5.41) is 3.41. The first-order valence-electron chi connectivity index (χ1n) is 9.34. The van der Waals surface area contributed by atoms with Crippen molar-refractivity contribution >= 4 is 44.8 Å².